The van der Waals surface area contributed by atoms with Crippen LogP contribution in [0.1, 0.15) is 38.8 Å². The number of fused-ring (bicyclic) bond motifs is 1. The number of carbonyl (C=O) groups is 2. The zero-order chi connectivity index (χ0) is 26.2. The van der Waals surface area contributed by atoms with E-state index in [2.05, 4.69) is 11.4 Å². The van der Waals surface area contributed by atoms with Gasteiger partial charge in [-0.1, -0.05) is 29.8 Å². The van der Waals surface area contributed by atoms with Gasteiger partial charge in [-0.15, -0.1) is 11.3 Å². The Labute approximate surface area is 222 Å². The van der Waals surface area contributed by atoms with Crippen molar-refractivity contribution in [2.24, 2.45) is 0 Å². The lowest BCUT2D eigenvalue weighted by atomic mass is 10.00. The molecule has 0 saturated heterocycles. The van der Waals surface area contributed by atoms with Crippen molar-refractivity contribution in [3.63, 3.8) is 0 Å². The third-order valence-corrected chi connectivity index (χ3v) is 7.57. The van der Waals surface area contributed by atoms with Crippen LogP contribution in [0.15, 0.2) is 60.0 Å². The summed E-state index contributed by atoms with van der Waals surface area (Å²) in [5.74, 6) is 1.04. The minimum Gasteiger partial charge on any atom is -0.493 e. The molecule has 3 aromatic rings. The molecule has 196 valence electrons. The van der Waals surface area contributed by atoms with E-state index in [4.69, 9.17) is 14.2 Å². The van der Waals surface area contributed by atoms with Gasteiger partial charge in [0.05, 0.1) is 13.2 Å². The maximum absolute atomic E-state index is 13.7. The summed E-state index contributed by atoms with van der Waals surface area (Å²) in [4.78, 5) is 31.9. The van der Waals surface area contributed by atoms with Crippen molar-refractivity contribution in [1.82, 2.24) is 9.80 Å². The van der Waals surface area contributed by atoms with E-state index < -0.39 is 0 Å². The van der Waals surface area contributed by atoms with Gasteiger partial charge in [-0.05, 0) is 61.0 Å². The Morgan fingerprint density at radius 1 is 1.05 bits per heavy atom. The van der Waals surface area contributed by atoms with Crippen LogP contribution in [0, 0.1) is 6.92 Å². The summed E-state index contributed by atoms with van der Waals surface area (Å²) >= 11 is 1.71. The van der Waals surface area contributed by atoms with Crippen LogP contribution >= 0.6 is 11.3 Å². The molecular formula is C29H34N2O5S. The van der Waals surface area contributed by atoms with E-state index in [1.54, 1.807) is 30.5 Å². The number of methoxy groups -OCH3 is 2. The van der Waals surface area contributed by atoms with Crippen molar-refractivity contribution in [3.05, 3.63) is 81.5 Å². The fourth-order valence-electron chi connectivity index (χ4n) is 4.57. The van der Waals surface area contributed by atoms with Gasteiger partial charge in [-0.25, -0.2) is 0 Å². The molecule has 0 fully saturated rings. The summed E-state index contributed by atoms with van der Waals surface area (Å²) in [5.41, 5.74) is 2.76. The zero-order valence-corrected chi connectivity index (χ0v) is 22.5. The van der Waals surface area contributed by atoms with Gasteiger partial charge in [0.15, 0.2) is 11.5 Å². The number of thiophene rings is 1. The van der Waals surface area contributed by atoms with Crippen LogP contribution in [0.4, 0.5) is 0 Å². The van der Waals surface area contributed by atoms with Crippen LogP contribution in [0.2, 0.25) is 0 Å². The Hall–Kier alpha value is -3.36. The maximum Gasteiger partial charge on any atom is 0.254 e. The number of rotatable bonds is 11. The Kier molecular flexibility index (Phi) is 9.19. The van der Waals surface area contributed by atoms with Gasteiger partial charge in [0.1, 0.15) is 13.2 Å². The monoisotopic (exact) mass is 522 g/mol. The van der Waals surface area contributed by atoms with Gasteiger partial charge in [0, 0.05) is 37.2 Å². The molecule has 0 radical (unpaired) electrons. The number of aryl methyl sites for hydroxylation is 1. The van der Waals surface area contributed by atoms with Crippen molar-refractivity contribution in [1.29, 1.82) is 0 Å². The van der Waals surface area contributed by atoms with E-state index in [-0.39, 0.29) is 24.4 Å². The average Bonchev–Trinajstić information content (AvgIpc) is 3.40. The number of nitrogens with zero attached hydrogens (tertiary/aromatic N) is 2. The first kappa shape index (κ1) is 26.7. The second-order valence-electron chi connectivity index (χ2n) is 9.05. The first-order chi connectivity index (χ1) is 18.0. The molecule has 0 spiro atoms. The Morgan fingerprint density at radius 3 is 2.54 bits per heavy atom. The SMILES string of the molecule is COCCCN(CC(=O)N1CCc2sccc2[C@@H]1COc1ccccc1OC)C(=O)c1ccc(C)cc1. The molecule has 37 heavy (non-hydrogen) atoms. The van der Waals surface area contributed by atoms with Crippen LogP contribution in [0.3, 0.4) is 0 Å². The molecule has 7 nitrogen and oxygen atoms in total. The molecule has 0 N–H and O–H groups in total. The van der Waals surface area contributed by atoms with Gasteiger partial charge in [0.2, 0.25) is 5.91 Å². The minimum absolute atomic E-state index is 0.00104. The highest BCUT2D eigenvalue weighted by Crippen LogP contribution is 2.35. The highest BCUT2D eigenvalue weighted by atomic mass is 32.1. The molecule has 1 aliphatic heterocycles. The Balaban J connectivity index is 1.53. The van der Waals surface area contributed by atoms with Crippen molar-refractivity contribution >= 4 is 23.2 Å². The predicted molar refractivity (Wildman–Crippen MR) is 145 cm³/mol. The summed E-state index contributed by atoms with van der Waals surface area (Å²) < 4.78 is 16.8. The van der Waals surface area contributed by atoms with Gasteiger partial charge >= 0.3 is 0 Å². The average molecular weight is 523 g/mol. The third kappa shape index (κ3) is 6.50. The van der Waals surface area contributed by atoms with Crippen molar-refractivity contribution in [2.45, 2.75) is 25.8 Å². The first-order valence-corrected chi connectivity index (χ1v) is 13.4. The Morgan fingerprint density at radius 2 is 1.81 bits per heavy atom. The van der Waals surface area contributed by atoms with E-state index in [0.29, 0.717) is 49.8 Å². The quantitative estimate of drug-likeness (QED) is 0.340. The summed E-state index contributed by atoms with van der Waals surface area (Å²) in [6, 6.07) is 16.8. The molecule has 1 atom stereocenters. The highest BCUT2D eigenvalue weighted by molar-refractivity contribution is 7.10. The smallest absolute Gasteiger partial charge is 0.254 e. The minimum atomic E-state index is -0.247. The van der Waals surface area contributed by atoms with Crippen LogP contribution in [0.5, 0.6) is 11.5 Å². The van der Waals surface area contributed by atoms with E-state index >= 15 is 0 Å². The summed E-state index contributed by atoms with van der Waals surface area (Å²) in [6.45, 7) is 3.81. The molecule has 4 rings (SSSR count). The Bertz CT molecular complexity index is 1190. The molecule has 1 aromatic heterocycles. The fraction of sp³-hybridized carbons (Fsp3) is 0.379. The lowest BCUT2D eigenvalue weighted by Gasteiger charge is -2.37. The highest BCUT2D eigenvalue weighted by Gasteiger charge is 2.33. The third-order valence-electron chi connectivity index (χ3n) is 6.57. The lowest BCUT2D eigenvalue weighted by molar-refractivity contribution is -0.135. The molecule has 1 aliphatic rings. The van der Waals surface area contributed by atoms with Crippen molar-refractivity contribution < 1.29 is 23.8 Å². The number of para-hydroxylation sites is 2. The second kappa shape index (κ2) is 12.7. The topological polar surface area (TPSA) is 68.3 Å². The number of amides is 2. The molecule has 0 bridgehead atoms. The number of hydrogen-bond donors (Lipinski definition) is 0. The van der Waals surface area contributed by atoms with E-state index in [0.717, 1.165) is 17.5 Å². The maximum atomic E-state index is 13.7. The molecule has 8 heteroatoms. The molecule has 0 saturated carbocycles. The molecule has 2 aromatic carbocycles. The first-order valence-electron chi connectivity index (χ1n) is 12.5. The van der Waals surface area contributed by atoms with Gasteiger partial charge in [-0.3, -0.25) is 9.59 Å². The molecule has 0 aliphatic carbocycles. The summed E-state index contributed by atoms with van der Waals surface area (Å²) in [7, 11) is 3.24. The van der Waals surface area contributed by atoms with Crippen LogP contribution in [-0.2, 0) is 16.0 Å². The lowest BCUT2D eigenvalue weighted by Crippen LogP contribution is -2.48. The number of hydrogen-bond acceptors (Lipinski definition) is 6. The van der Waals surface area contributed by atoms with Crippen molar-refractivity contribution in [2.75, 3.05) is 47.1 Å². The molecule has 0 unspecified atom stereocenters. The number of carbonyl (C=O) groups excluding carboxylic acids is 2. The second-order valence-corrected chi connectivity index (χ2v) is 10.1. The standard InChI is InChI=1S/C29H34N2O5S/c1-21-9-11-22(12-10-21)29(33)30(15-6-17-34-2)19-28(32)31-16-13-27-23(14-18-37-27)24(31)20-36-26-8-5-4-7-25(26)35-3/h4-5,7-12,14,18,24H,6,13,15-17,19-20H2,1-3H3/t24-/m0/s1. The van der Waals surface area contributed by atoms with E-state index in [9.17, 15) is 9.59 Å². The summed E-state index contributed by atoms with van der Waals surface area (Å²) in [5, 5.41) is 2.06. The number of benzene rings is 2. The predicted octanol–water partition coefficient (Wildman–Crippen LogP) is 4.75. The van der Waals surface area contributed by atoms with Crippen LogP contribution in [-0.4, -0.2) is 68.7 Å². The fourth-order valence-corrected chi connectivity index (χ4v) is 5.49. The normalized spacial score (nSPS) is 14.7. The van der Waals surface area contributed by atoms with Gasteiger partial charge in [0.25, 0.3) is 5.91 Å². The molecular weight excluding hydrogens is 488 g/mol. The largest absolute Gasteiger partial charge is 0.493 e. The van der Waals surface area contributed by atoms with E-state index in [1.807, 2.05) is 60.4 Å². The van der Waals surface area contributed by atoms with Gasteiger partial charge in [-0.2, -0.15) is 0 Å². The van der Waals surface area contributed by atoms with Crippen LogP contribution < -0.4 is 9.47 Å². The van der Waals surface area contributed by atoms with E-state index in [1.165, 1.54) is 4.88 Å². The zero-order valence-electron chi connectivity index (χ0n) is 21.6. The van der Waals surface area contributed by atoms with Crippen molar-refractivity contribution in [3.8, 4) is 11.5 Å². The summed E-state index contributed by atoms with van der Waals surface area (Å²) in [6.07, 6.45) is 1.44. The number of ether oxygens (including phenoxy) is 3. The van der Waals surface area contributed by atoms with Gasteiger partial charge < -0.3 is 24.0 Å². The molecule has 2 heterocycles. The van der Waals surface area contributed by atoms with Crippen LogP contribution in [0.25, 0.3) is 0 Å². The molecule has 2 amide bonds.